The second-order valence-electron chi connectivity index (χ2n) is 6.01. The Morgan fingerprint density at radius 1 is 1.08 bits per heavy atom. The maximum atomic E-state index is 13.1. The number of sulfonamides is 1. The summed E-state index contributed by atoms with van der Waals surface area (Å²) in [5, 5.41) is 2.65. The van der Waals surface area contributed by atoms with Gasteiger partial charge in [0.2, 0.25) is 15.9 Å². The van der Waals surface area contributed by atoms with E-state index in [4.69, 9.17) is 0 Å². The molecule has 2 aromatic carbocycles. The van der Waals surface area contributed by atoms with Gasteiger partial charge in [-0.05, 0) is 60.9 Å². The van der Waals surface area contributed by atoms with Crippen LogP contribution in [0.5, 0.6) is 0 Å². The molecule has 0 radical (unpaired) electrons. The van der Waals surface area contributed by atoms with E-state index in [0.29, 0.717) is 24.3 Å². The number of carbonyl (C=O) groups excluding carboxylic acids is 1. The molecule has 0 bridgehead atoms. The van der Waals surface area contributed by atoms with Gasteiger partial charge in [-0.3, -0.25) is 4.79 Å². The smallest absolute Gasteiger partial charge is 0.248 e. The van der Waals surface area contributed by atoms with Crippen LogP contribution in [0.1, 0.15) is 18.4 Å². The van der Waals surface area contributed by atoms with Crippen molar-refractivity contribution < 1.29 is 17.6 Å². The summed E-state index contributed by atoms with van der Waals surface area (Å²) in [6.07, 6.45) is 4.56. The third kappa shape index (κ3) is 4.36. The Kier molecular flexibility index (Phi) is 5.49. The average Bonchev–Trinajstić information content (AvgIpc) is 3.16. The topological polar surface area (TPSA) is 66.5 Å². The minimum atomic E-state index is -3.46. The van der Waals surface area contributed by atoms with E-state index in [0.717, 1.165) is 12.8 Å². The first-order valence-electron chi connectivity index (χ1n) is 8.30. The van der Waals surface area contributed by atoms with Crippen LogP contribution in [-0.2, 0) is 14.8 Å². The summed E-state index contributed by atoms with van der Waals surface area (Å²) in [6.45, 7) is 1.09. The summed E-state index contributed by atoms with van der Waals surface area (Å²) in [4.78, 5) is 12.2. The van der Waals surface area contributed by atoms with Crippen LogP contribution in [-0.4, -0.2) is 31.7 Å². The number of halogens is 1. The average molecular weight is 374 g/mol. The first-order chi connectivity index (χ1) is 12.4. The normalized spacial score (nSPS) is 15.4. The third-order valence-electron chi connectivity index (χ3n) is 4.10. The van der Waals surface area contributed by atoms with E-state index >= 15 is 0 Å². The summed E-state index contributed by atoms with van der Waals surface area (Å²) in [6, 6.07) is 12.0. The van der Waals surface area contributed by atoms with E-state index in [9.17, 15) is 17.6 Å². The molecule has 0 saturated carbocycles. The van der Waals surface area contributed by atoms with Gasteiger partial charge in [0, 0.05) is 24.9 Å². The highest BCUT2D eigenvalue weighted by Crippen LogP contribution is 2.22. The van der Waals surface area contributed by atoms with Gasteiger partial charge in [0.15, 0.2) is 0 Å². The zero-order chi connectivity index (χ0) is 18.6. The second-order valence-corrected chi connectivity index (χ2v) is 7.95. The van der Waals surface area contributed by atoms with Crippen LogP contribution in [0.3, 0.4) is 0 Å². The Morgan fingerprint density at radius 2 is 1.77 bits per heavy atom. The SMILES string of the molecule is O=C(/C=C/c1cccc(F)c1)Nc1ccc(S(=O)(=O)N2CCCC2)cc1. The van der Waals surface area contributed by atoms with Crippen LogP contribution in [0.15, 0.2) is 59.5 Å². The number of anilines is 1. The Bertz CT molecular complexity index is 918. The number of carbonyl (C=O) groups is 1. The molecule has 1 amide bonds. The van der Waals surface area contributed by atoms with Crippen LogP contribution in [0.25, 0.3) is 6.08 Å². The van der Waals surface area contributed by atoms with Crippen molar-refractivity contribution in [1.82, 2.24) is 4.31 Å². The van der Waals surface area contributed by atoms with Gasteiger partial charge in [0.25, 0.3) is 0 Å². The lowest BCUT2D eigenvalue weighted by Crippen LogP contribution is -2.27. The van der Waals surface area contributed by atoms with Crippen molar-refractivity contribution >= 4 is 27.7 Å². The largest absolute Gasteiger partial charge is 0.323 e. The minimum Gasteiger partial charge on any atom is -0.323 e. The summed E-state index contributed by atoms with van der Waals surface area (Å²) >= 11 is 0. The molecule has 0 spiro atoms. The minimum absolute atomic E-state index is 0.215. The molecule has 1 aliphatic rings. The standard InChI is InChI=1S/C19H19FN2O3S/c20-16-5-3-4-15(14-16)6-11-19(23)21-17-7-9-18(10-8-17)26(24,25)22-12-1-2-13-22/h3-11,14H,1-2,12-13H2,(H,21,23)/b11-6+. The lowest BCUT2D eigenvalue weighted by molar-refractivity contribution is -0.111. The summed E-state index contributed by atoms with van der Waals surface area (Å²) in [5.41, 5.74) is 1.06. The van der Waals surface area contributed by atoms with E-state index in [1.807, 2.05) is 0 Å². The maximum Gasteiger partial charge on any atom is 0.248 e. The van der Waals surface area contributed by atoms with E-state index in [1.54, 1.807) is 24.3 Å². The molecule has 2 aromatic rings. The molecule has 0 unspecified atom stereocenters. The van der Waals surface area contributed by atoms with E-state index in [1.165, 1.54) is 40.7 Å². The van der Waals surface area contributed by atoms with Crippen LogP contribution in [0, 0.1) is 5.82 Å². The lowest BCUT2D eigenvalue weighted by atomic mass is 10.2. The fourth-order valence-electron chi connectivity index (χ4n) is 2.75. The van der Waals surface area contributed by atoms with Gasteiger partial charge in [0.1, 0.15) is 5.82 Å². The third-order valence-corrected chi connectivity index (χ3v) is 6.01. The van der Waals surface area contributed by atoms with Gasteiger partial charge in [0.05, 0.1) is 4.90 Å². The number of rotatable bonds is 5. The number of amides is 1. The van der Waals surface area contributed by atoms with Crippen molar-refractivity contribution in [3.05, 3.63) is 66.0 Å². The van der Waals surface area contributed by atoms with Crippen molar-refractivity contribution in [2.45, 2.75) is 17.7 Å². The predicted molar refractivity (Wildman–Crippen MR) is 98.5 cm³/mol. The quantitative estimate of drug-likeness (QED) is 0.817. The predicted octanol–water partition coefficient (Wildman–Crippen LogP) is 3.26. The molecule has 26 heavy (non-hydrogen) atoms. The number of nitrogens with zero attached hydrogens (tertiary/aromatic N) is 1. The molecule has 1 saturated heterocycles. The number of hydrogen-bond acceptors (Lipinski definition) is 3. The van der Waals surface area contributed by atoms with Crippen molar-refractivity contribution in [1.29, 1.82) is 0 Å². The fourth-order valence-corrected chi connectivity index (χ4v) is 4.27. The van der Waals surface area contributed by atoms with Gasteiger partial charge in [-0.1, -0.05) is 12.1 Å². The molecule has 1 fully saturated rings. The monoisotopic (exact) mass is 374 g/mol. The molecule has 0 atom stereocenters. The van der Waals surface area contributed by atoms with Crippen molar-refractivity contribution in [2.24, 2.45) is 0 Å². The molecule has 5 nitrogen and oxygen atoms in total. The maximum absolute atomic E-state index is 13.1. The van der Waals surface area contributed by atoms with Crippen molar-refractivity contribution in [3.63, 3.8) is 0 Å². The van der Waals surface area contributed by atoms with Crippen LogP contribution in [0.2, 0.25) is 0 Å². The van der Waals surface area contributed by atoms with Crippen LogP contribution >= 0.6 is 0 Å². The molecule has 3 rings (SSSR count). The second kappa shape index (κ2) is 7.80. The lowest BCUT2D eigenvalue weighted by Gasteiger charge is -2.15. The highest BCUT2D eigenvalue weighted by molar-refractivity contribution is 7.89. The molecular weight excluding hydrogens is 355 g/mol. The van der Waals surface area contributed by atoms with Gasteiger partial charge in [-0.2, -0.15) is 4.31 Å². The zero-order valence-corrected chi connectivity index (χ0v) is 14.9. The highest BCUT2D eigenvalue weighted by atomic mass is 32.2. The van der Waals surface area contributed by atoms with Crippen molar-refractivity contribution in [3.8, 4) is 0 Å². The number of nitrogens with one attached hydrogen (secondary N) is 1. The molecule has 7 heteroatoms. The summed E-state index contributed by atoms with van der Waals surface area (Å²) in [5.74, 6) is -0.758. The molecular formula is C19H19FN2O3S. The molecule has 0 aliphatic carbocycles. The Morgan fingerprint density at radius 3 is 2.42 bits per heavy atom. The van der Waals surface area contributed by atoms with Gasteiger partial charge in [-0.25, -0.2) is 12.8 Å². The van der Waals surface area contributed by atoms with Crippen LogP contribution < -0.4 is 5.32 Å². The Labute approximate surface area is 152 Å². The first-order valence-corrected chi connectivity index (χ1v) is 9.74. The van der Waals surface area contributed by atoms with E-state index < -0.39 is 10.0 Å². The van der Waals surface area contributed by atoms with E-state index in [2.05, 4.69) is 5.32 Å². The number of benzene rings is 2. The summed E-state index contributed by atoms with van der Waals surface area (Å²) in [7, 11) is -3.46. The molecule has 1 heterocycles. The summed E-state index contributed by atoms with van der Waals surface area (Å²) < 4.78 is 39.5. The van der Waals surface area contributed by atoms with Crippen LogP contribution in [0.4, 0.5) is 10.1 Å². The zero-order valence-electron chi connectivity index (χ0n) is 14.1. The fraction of sp³-hybridized carbons (Fsp3) is 0.211. The Balaban J connectivity index is 1.64. The van der Waals surface area contributed by atoms with Gasteiger partial charge < -0.3 is 5.32 Å². The number of hydrogen-bond donors (Lipinski definition) is 1. The molecule has 136 valence electrons. The molecule has 0 aromatic heterocycles. The Hall–Kier alpha value is -2.51. The van der Waals surface area contributed by atoms with Gasteiger partial charge in [-0.15, -0.1) is 0 Å². The molecule has 1 aliphatic heterocycles. The first kappa shape index (κ1) is 18.3. The molecule has 1 N–H and O–H groups in total. The highest BCUT2D eigenvalue weighted by Gasteiger charge is 2.26. The van der Waals surface area contributed by atoms with E-state index in [-0.39, 0.29) is 16.6 Å². The van der Waals surface area contributed by atoms with Crippen molar-refractivity contribution in [2.75, 3.05) is 18.4 Å². The van der Waals surface area contributed by atoms with Gasteiger partial charge >= 0.3 is 0 Å².